The van der Waals surface area contributed by atoms with Crippen molar-refractivity contribution in [3.63, 3.8) is 0 Å². The average Bonchev–Trinajstić information content (AvgIpc) is 1.99. The van der Waals surface area contributed by atoms with Gasteiger partial charge in [-0.25, -0.2) is 0 Å². The monoisotopic (exact) mass is 570 g/mol. The molecule has 18 heavy (non-hydrogen) atoms. The molecular formula is C7H7Ag3O6P2. The maximum Gasteiger partial charge on any atom is 1.00 e. The van der Waals surface area contributed by atoms with Gasteiger partial charge in [0, 0.05) is 0 Å². The second-order valence-corrected chi connectivity index (χ2v) is 6.53. The first-order valence-electron chi connectivity index (χ1n) is 3.84. The van der Waals surface area contributed by atoms with Gasteiger partial charge in [-0.2, -0.15) is 0 Å². The number of hydrogen-bond acceptors (Lipinski definition) is 6. The molecule has 0 N–H and O–H groups in total. The summed E-state index contributed by atoms with van der Waals surface area (Å²) in [4.78, 5) is 31.6. The summed E-state index contributed by atoms with van der Waals surface area (Å²) in [6.45, 7) is 0. The van der Waals surface area contributed by atoms with Crippen LogP contribution in [0.1, 0.15) is 0 Å². The van der Waals surface area contributed by atoms with Crippen LogP contribution < -0.4 is 19.2 Å². The summed E-state index contributed by atoms with van der Waals surface area (Å²) in [5, 5.41) is 0. The third-order valence-corrected chi connectivity index (χ3v) is 4.59. The molecule has 1 unspecified atom stereocenters. The summed E-state index contributed by atoms with van der Waals surface area (Å²) >= 11 is 0. The van der Waals surface area contributed by atoms with Gasteiger partial charge in [0.15, 0.2) is 7.60 Å². The Hall–Kier alpha value is 1.58. The van der Waals surface area contributed by atoms with Crippen LogP contribution in [0.3, 0.4) is 0 Å². The smallest absolute Gasteiger partial charge is 0.810 e. The Morgan fingerprint density at radius 2 is 1.39 bits per heavy atom. The molecule has 1 aromatic carbocycles. The first-order valence-corrected chi connectivity index (χ1v) is 7.30. The second-order valence-electron chi connectivity index (χ2n) is 2.77. The Morgan fingerprint density at radius 3 is 1.78 bits per heavy atom. The maximum absolute atomic E-state index is 11.0. The van der Waals surface area contributed by atoms with E-state index in [1.54, 1.807) is 6.07 Å². The molecule has 6 nitrogen and oxygen atoms in total. The Labute approximate surface area is 151 Å². The molecule has 1 atom stereocenters. The van der Waals surface area contributed by atoms with E-state index in [2.05, 4.69) is 4.52 Å². The predicted octanol–water partition coefficient (Wildman–Crippen LogP) is -0.518. The van der Waals surface area contributed by atoms with Gasteiger partial charge in [0.1, 0.15) is 5.75 Å². The molecule has 0 aliphatic heterocycles. The van der Waals surface area contributed by atoms with Crippen molar-refractivity contribution in [1.29, 1.82) is 0 Å². The molecule has 0 saturated carbocycles. The van der Waals surface area contributed by atoms with Crippen LogP contribution in [0.5, 0.6) is 5.75 Å². The Kier molecular flexibility index (Phi) is 14.1. The van der Waals surface area contributed by atoms with Crippen LogP contribution in [0.4, 0.5) is 0 Å². The minimum Gasteiger partial charge on any atom is -0.810 e. The van der Waals surface area contributed by atoms with Gasteiger partial charge in [-0.15, -0.1) is 0 Å². The largest absolute Gasteiger partial charge is 1.00 e. The molecule has 0 spiro atoms. The van der Waals surface area contributed by atoms with Crippen LogP contribution in [-0.4, -0.2) is 5.90 Å². The molecule has 0 fully saturated rings. The van der Waals surface area contributed by atoms with E-state index in [4.69, 9.17) is 0 Å². The fourth-order valence-corrected chi connectivity index (χ4v) is 3.25. The molecule has 1 rings (SSSR count). The summed E-state index contributed by atoms with van der Waals surface area (Å²) in [7, 11) is -9.80. The Balaban J connectivity index is -0.000000750. The normalized spacial score (nSPS) is 13.1. The zero-order valence-electron chi connectivity index (χ0n) is 8.34. The van der Waals surface area contributed by atoms with E-state index >= 15 is 0 Å². The molecule has 11 heteroatoms. The van der Waals surface area contributed by atoms with E-state index in [0.29, 0.717) is 0 Å². The van der Waals surface area contributed by atoms with Gasteiger partial charge < -0.3 is 23.8 Å². The maximum atomic E-state index is 11.0. The van der Waals surface area contributed by atoms with Crippen molar-refractivity contribution >= 4 is 15.2 Å². The van der Waals surface area contributed by atoms with Crippen molar-refractivity contribution in [1.82, 2.24) is 0 Å². The third-order valence-electron chi connectivity index (χ3n) is 1.33. The first-order chi connectivity index (χ1) is 6.79. The Morgan fingerprint density at radius 1 is 0.944 bits per heavy atom. The molecule has 0 aliphatic rings. The van der Waals surface area contributed by atoms with Crippen LogP contribution >= 0.6 is 15.2 Å². The molecule has 0 bridgehead atoms. The van der Waals surface area contributed by atoms with Gasteiger partial charge in [0.05, 0.1) is 5.90 Å². The van der Waals surface area contributed by atoms with Gasteiger partial charge in [-0.1, -0.05) is 25.8 Å². The predicted molar refractivity (Wildman–Crippen MR) is 47.2 cm³/mol. The number of rotatable bonds is 4. The number of hydrogen-bond donors (Lipinski definition) is 0. The first kappa shape index (κ1) is 24.6. The molecular weight excluding hydrogens is 566 g/mol. The van der Waals surface area contributed by atoms with Crippen LogP contribution in [-0.2, 0) is 76.3 Å². The second kappa shape index (κ2) is 10.3. The van der Waals surface area contributed by atoms with E-state index in [0.717, 1.165) is 0 Å². The van der Waals surface area contributed by atoms with Crippen LogP contribution in [0, 0.1) is 0 Å². The van der Waals surface area contributed by atoms with Gasteiger partial charge in [-0.05, 0) is 12.1 Å². The molecule has 1 aromatic rings. The summed E-state index contributed by atoms with van der Waals surface area (Å²) < 4.78 is 25.7. The van der Waals surface area contributed by atoms with Gasteiger partial charge in [0.25, 0.3) is 0 Å². The van der Waals surface area contributed by atoms with Crippen molar-refractivity contribution in [2.24, 2.45) is 0 Å². The minimum absolute atomic E-state index is 0. The standard InChI is InChI=1S/C7H10O6P2.3Ag/c8-14(9,10)6-15(11,12)13-7-4-2-1-3-5-7;;;/h1-5H,6H2,(H,11,12)(H2,8,9,10);;;/q;3*+1/p-3. The van der Waals surface area contributed by atoms with E-state index in [1.807, 2.05) is 0 Å². The summed E-state index contributed by atoms with van der Waals surface area (Å²) in [6, 6.07) is 7.34. The quantitative estimate of drug-likeness (QED) is 0.355. The topological polar surface area (TPSA) is 113 Å². The molecule has 0 aromatic heterocycles. The summed E-state index contributed by atoms with van der Waals surface area (Å²) in [5.74, 6) is -1.54. The van der Waals surface area contributed by atoms with Crippen molar-refractivity contribution in [2.45, 2.75) is 0 Å². The van der Waals surface area contributed by atoms with E-state index in [-0.39, 0.29) is 72.9 Å². The zero-order chi connectivity index (χ0) is 11.5. The van der Waals surface area contributed by atoms with Crippen LogP contribution in [0.2, 0.25) is 0 Å². The zero-order valence-corrected chi connectivity index (χ0v) is 14.6. The molecule has 0 heterocycles. The van der Waals surface area contributed by atoms with E-state index < -0.39 is 21.1 Å². The molecule has 0 amide bonds. The molecule has 0 aliphatic carbocycles. The van der Waals surface area contributed by atoms with E-state index in [1.165, 1.54) is 24.3 Å². The van der Waals surface area contributed by atoms with Crippen molar-refractivity contribution < 1.29 is 95.5 Å². The van der Waals surface area contributed by atoms with E-state index in [9.17, 15) is 23.8 Å². The van der Waals surface area contributed by atoms with Gasteiger partial charge in [0.2, 0.25) is 0 Å². The number of para-hydroxylation sites is 1. The molecule has 0 saturated heterocycles. The minimum atomic E-state index is -5.12. The molecule has 0 radical (unpaired) electrons. The summed E-state index contributed by atoms with van der Waals surface area (Å²) in [5.41, 5.74) is 0. The van der Waals surface area contributed by atoms with Crippen LogP contribution in [0.15, 0.2) is 30.3 Å². The molecule has 114 valence electrons. The average molecular weight is 573 g/mol. The fourth-order valence-electron chi connectivity index (χ4n) is 0.883. The van der Waals surface area contributed by atoms with Crippen molar-refractivity contribution in [2.75, 3.05) is 5.90 Å². The SMILES string of the molecule is O=P([O-])([O-])CP(=O)([O-])Oc1ccccc1.[Ag+].[Ag+].[Ag+]. The number of benzene rings is 1. The van der Waals surface area contributed by atoms with Gasteiger partial charge in [-0.3, -0.25) is 4.57 Å². The van der Waals surface area contributed by atoms with Gasteiger partial charge >= 0.3 is 67.1 Å². The van der Waals surface area contributed by atoms with Crippen molar-refractivity contribution in [3.05, 3.63) is 30.3 Å². The van der Waals surface area contributed by atoms with Crippen molar-refractivity contribution in [3.8, 4) is 5.75 Å². The van der Waals surface area contributed by atoms with Crippen LogP contribution in [0.25, 0.3) is 0 Å². The summed E-state index contributed by atoms with van der Waals surface area (Å²) in [6.07, 6.45) is 0. The fraction of sp³-hybridized carbons (Fsp3) is 0.143. The Bertz CT molecular complexity index is 422. The third kappa shape index (κ3) is 11.4.